The number of carbonyl (C=O) groups is 1. The maximum absolute atomic E-state index is 12.4. The fourth-order valence-electron chi connectivity index (χ4n) is 2.51. The molecule has 0 aliphatic rings. The summed E-state index contributed by atoms with van der Waals surface area (Å²) in [6, 6.07) is 7.75. The Kier molecular flexibility index (Phi) is 9.33. The molecule has 7 heteroatoms. The Balaban J connectivity index is 0.00000264. The number of para-hydroxylation sites is 1. The summed E-state index contributed by atoms with van der Waals surface area (Å²) < 4.78 is 0. The Labute approximate surface area is 160 Å². The van der Waals surface area contributed by atoms with Gasteiger partial charge in [-0.3, -0.25) is 4.79 Å². The molecule has 2 rings (SSSR count). The number of nitrogens with two attached hydrogens (primary N) is 1. The number of nitrogen functional groups attached to an aromatic ring is 1. The molecule has 0 aliphatic heterocycles. The number of aromatic nitrogens is 1. The Bertz CT molecular complexity index is 676. The van der Waals surface area contributed by atoms with Crippen LogP contribution in [0.2, 0.25) is 0 Å². The lowest BCUT2D eigenvalue weighted by atomic mass is 10.1. The molecule has 24 heavy (non-hydrogen) atoms. The lowest BCUT2D eigenvalue weighted by molar-refractivity contribution is -0.131. The Morgan fingerprint density at radius 1 is 1.29 bits per heavy atom. The van der Waals surface area contributed by atoms with Crippen LogP contribution in [0.5, 0.6) is 0 Å². The van der Waals surface area contributed by atoms with Gasteiger partial charge in [0.15, 0.2) is 0 Å². The quantitative estimate of drug-likeness (QED) is 0.773. The van der Waals surface area contributed by atoms with Gasteiger partial charge in [-0.25, -0.2) is 4.98 Å². The van der Waals surface area contributed by atoms with Crippen LogP contribution in [0.1, 0.15) is 40.5 Å². The van der Waals surface area contributed by atoms with E-state index in [4.69, 9.17) is 5.73 Å². The molecule has 4 nitrogen and oxygen atoms in total. The zero-order valence-corrected chi connectivity index (χ0v) is 16.9. The van der Waals surface area contributed by atoms with Gasteiger partial charge in [-0.1, -0.05) is 18.2 Å². The van der Waals surface area contributed by atoms with Crippen LogP contribution in [0, 0.1) is 13.8 Å². The van der Waals surface area contributed by atoms with E-state index >= 15 is 0 Å². The van der Waals surface area contributed by atoms with Crippen molar-refractivity contribution in [3.8, 4) is 0 Å². The van der Waals surface area contributed by atoms with Gasteiger partial charge in [0.25, 0.3) is 0 Å². The molecule has 0 bridgehead atoms. The van der Waals surface area contributed by atoms with Crippen LogP contribution in [0.25, 0.3) is 0 Å². The molecule has 1 amide bonds. The van der Waals surface area contributed by atoms with E-state index in [1.54, 1.807) is 16.2 Å². The second kappa shape index (κ2) is 9.87. The maximum Gasteiger partial charge on any atom is 0.223 e. The van der Waals surface area contributed by atoms with Gasteiger partial charge in [0, 0.05) is 24.0 Å². The van der Waals surface area contributed by atoms with Crippen LogP contribution in [-0.4, -0.2) is 22.8 Å². The van der Waals surface area contributed by atoms with Crippen molar-refractivity contribution in [3.05, 3.63) is 45.4 Å². The first-order valence-electron chi connectivity index (χ1n) is 7.43. The first-order chi connectivity index (χ1) is 10.4. The van der Waals surface area contributed by atoms with Crippen LogP contribution in [0.4, 0.5) is 5.69 Å². The number of thiazole rings is 1. The number of halogens is 2. The second-order valence-corrected chi connectivity index (χ2v) is 6.80. The van der Waals surface area contributed by atoms with Gasteiger partial charge >= 0.3 is 0 Å². The normalized spacial score (nSPS) is 11.2. The molecule has 1 atom stereocenters. The van der Waals surface area contributed by atoms with Crippen molar-refractivity contribution >= 4 is 47.7 Å². The number of benzene rings is 1. The van der Waals surface area contributed by atoms with Gasteiger partial charge in [0.1, 0.15) is 0 Å². The number of amides is 1. The van der Waals surface area contributed by atoms with Crippen molar-refractivity contribution in [2.45, 2.75) is 39.7 Å². The molecule has 0 aliphatic carbocycles. The third-order valence-electron chi connectivity index (χ3n) is 3.96. The van der Waals surface area contributed by atoms with Crippen molar-refractivity contribution in [2.75, 3.05) is 12.8 Å². The van der Waals surface area contributed by atoms with Crippen LogP contribution >= 0.6 is 36.2 Å². The molecule has 0 radical (unpaired) electrons. The molecule has 0 saturated heterocycles. The molecular formula is C17H25Cl2N3OS. The molecule has 1 unspecified atom stereocenters. The molecule has 2 N–H and O–H groups in total. The van der Waals surface area contributed by atoms with Crippen molar-refractivity contribution in [2.24, 2.45) is 0 Å². The number of carbonyl (C=O) groups excluding carboxylic acids is 1. The lowest BCUT2D eigenvalue weighted by Crippen LogP contribution is -2.29. The minimum absolute atomic E-state index is 0. The average molecular weight is 390 g/mol. The largest absolute Gasteiger partial charge is 0.399 e. The molecule has 2 aromatic rings. The van der Waals surface area contributed by atoms with E-state index < -0.39 is 0 Å². The number of rotatable bonds is 5. The van der Waals surface area contributed by atoms with E-state index in [0.29, 0.717) is 12.8 Å². The summed E-state index contributed by atoms with van der Waals surface area (Å²) in [5, 5.41) is 1.04. The Hall–Kier alpha value is -1.30. The highest BCUT2D eigenvalue weighted by Crippen LogP contribution is 2.28. The number of hydrogen-bond acceptors (Lipinski definition) is 4. The molecule has 0 saturated carbocycles. The van der Waals surface area contributed by atoms with Gasteiger partial charge in [0.05, 0.1) is 16.7 Å². The zero-order valence-electron chi connectivity index (χ0n) is 14.4. The number of nitrogens with zero attached hydrogens (tertiary/aromatic N) is 2. The van der Waals surface area contributed by atoms with Crippen molar-refractivity contribution in [1.29, 1.82) is 0 Å². The van der Waals surface area contributed by atoms with Crippen LogP contribution in [-0.2, 0) is 11.2 Å². The predicted octanol–water partition coefficient (Wildman–Crippen LogP) is 4.34. The molecule has 134 valence electrons. The predicted molar refractivity (Wildman–Crippen MR) is 106 cm³/mol. The topological polar surface area (TPSA) is 59.2 Å². The third-order valence-corrected chi connectivity index (χ3v) is 5.20. The van der Waals surface area contributed by atoms with E-state index in [1.807, 2.05) is 45.2 Å². The highest BCUT2D eigenvalue weighted by Gasteiger charge is 2.21. The molecule has 1 aromatic carbocycles. The van der Waals surface area contributed by atoms with Crippen LogP contribution in [0.15, 0.2) is 24.3 Å². The SMILES string of the molecule is Cc1nc(C)c(C(C)N(C)C(=O)CCc2ccccc2N)s1.Cl.Cl. The highest BCUT2D eigenvalue weighted by atomic mass is 35.5. The average Bonchev–Trinajstić information content (AvgIpc) is 2.83. The first kappa shape index (κ1) is 22.7. The van der Waals surface area contributed by atoms with Gasteiger partial charge in [0.2, 0.25) is 5.91 Å². The second-order valence-electron chi connectivity index (χ2n) is 5.56. The van der Waals surface area contributed by atoms with Crippen molar-refractivity contribution in [1.82, 2.24) is 9.88 Å². The minimum atomic E-state index is 0. The smallest absolute Gasteiger partial charge is 0.223 e. The summed E-state index contributed by atoms with van der Waals surface area (Å²) in [7, 11) is 1.86. The van der Waals surface area contributed by atoms with Crippen LogP contribution in [0.3, 0.4) is 0 Å². The van der Waals surface area contributed by atoms with Crippen LogP contribution < -0.4 is 5.73 Å². The Morgan fingerprint density at radius 2 is 1.92 bits per heavy atom. The zero-order chi connectivity index (χ0) is 16.3. The number of aryl methyl sites for hydroxylation is 3. The Morgan fingerprint density at radius 3 is 2.46 bits per heavy atom. The van der Waals surface area contributed by atoms with Gasteiger partial charge in [-0.15, -0.1) is 36.2 Å². The fraction of sp³-hybridized carbons (Fsp3) is 0.412. The summed E-state index contributed by atoms with van der Waals surface area (Å²) in [6.45, 7) is 6.04. The molecular weight excluding hydrogens is 365 g/mol. The molecule has 1 aromatic heterocycles. The van der Waals surface area contributed by atoms with E-state index in [-0.39, 0.29) is 36.8 Å². The van der Waals surface area contributed by atoms with E-state index in [0.717, 1.165) is 26.8 Å². The maximum atomic E-state index is 12.4. The number of anilines is 1. The first-order valence-corrected chi connectivity index (χ1v) is 8.24. The van der Waals surface area contributed by atoms with Gasteiger partial charge in [-0.2, -0.15) is 0 Å². The standard InChI is InChI=1S/C17H23N3OS.2ClH/c1-11-17(22-13(3)19-11)12(2)20(4)16(21)10-9-14-7-5-6-8-15(14)18;;/h5-8,12H,9-10,18H2,1-4H3;2*1H. The summed E-state index contributed by atoms with van der Waals surface area (Å²) in [4.78, 5) is 19.8. The third kappa shape index (κ3) is 5.36. The highest BCUT2D eigenvalue weighted by molar-refractivity contribution is 7.11. The summed E-state index contributed by atoms with van der Waals surface area (Å²) >= 11 is 1.66. The fourth-order valence-corrected chi connectivity index (χ4v) is 3.53. The minimum Gasteiger partial charge on any atom is -0.399 e. The van der Waals surface area contributed by atoms with Gasteiger partial charge < -0.3 is 10.6 Å². The van der Waals surface area contributed by atoms with Crippen molar-refractivity contribution in [3.63, 3.8) is 0 Å². The summed E-state index contributed by atoms with van der Waals surface area (Å²) in [6.07, 6.45) is 1.13. The van der Waals surface area contributed by atoms with E-state index in [2.05, 4.69) is 11.9 Å². The summed E-state index contributed by atoms with van der Waals surface area (Å²) in [5.74, 6) is 0.126. The monoisotopic (exact) mass is 389 g/mol. The molecule has 0 spiro atoms. The summed E-state index contributed by atoms with van der Waals surface area (Å²) in [5.41, 5.74) is 8.72. The van der Waals surface area contributed by atoms with E-state index in [1.165, 1.54) is 0 Å². The van der Waals surface area contributed by atoms with Gasteiger partial charge in [-0.05, 0) is 38.8 Å². The molecule has 1 heterocycles. The lowest BCUT2D eigenvalue weighted by Gasteiger charge is -2.24. The number of hydrogen-bond donors (Lipinski definition) is 1. The van der Waals surface area contributed by atoms with Crippen molar-refractivity contribution < 1.29 is 4.79 Å². The van der Waals surface area contributed by atoms with E-state index in [9.17, 15) is 4.79 Å². The molecule has 0 fully saturated rings.